The second-order valence-electron chi connectivity index (χ2n) is 4.01. The van der Waals surface area contributed by atoms with Gasteiger partial charge in [0.05, 0.1) is 6.61 Å². The molecule has 114 valence electrons. The van der Waals surface area contributed by atoms with Crippen LogP contribution in [0.3, 0.4) is 0 Å². The van der Waals surface area contributed by atoms with E-state index in [4.69, 9.17) is 4.74 Å². The van der Waals surface area contributed by atoms with Crippen LogP contribution >= 0.6 is 0 Å². The fraction of sp³-hybridized carbons (Fsp3) is 0.500. The zero-order valence-corrected chi connectivity index (χ0v) is 12.2. The van der Waals surface area contributed by atoms with Crippen LogP contribution < -0.4 is 10.0 Å². The van der Waals surface area contributed by atoms with E-state index in [9.17, 15) is 17.2 Å². The molecule has 20 heavy (non-hydrogen) atoms. The summed E-state index contributed by atoms with van der Waals surface area (Å²) in [5.41, 5.74) is 0.344. The van der Waals surface area contributed by atoms with Gasteiger partial charge in [-0.05, 0) is 31.7 Å². The summed E-state index contributed by atoms with van der Waals surface area (Å²) in [6, 6.07) is 2.07. The SMILES string of the molecule is CCOCCNS(=O)(=O)c1cc(CNC)cc(F)c1F. The molecule has 5 nitrogen and oxygen atoms in total. The number of hydrogen-bond donors (Lipinski definition) is 2. The first-order chi connectivity index (χ1) is 9.42. The van der Waals surface area contributed by atoms with E-state index in [1.165, 1.54) is 0 Å². The molecule has 0 heterocycles. The number of benzene rings is 1. The van der Waals surface area contributed by atoms with Crippen molar-refractivity contribution in [3.63, 3.8) is 0 Å². The third-order valence-electron chi connectivity index (χ3n) is 2.47. The van der Waals surface area contributed by atoms with E-state index in [2.05, 4.69) is 10.0 Å². The molecule has 0 unspecified atom stereocenters. The zero-order valence-electron chi connectivity index (χ0n) is 11.4. The Hall–Kier alpha value is -1.09. The lowest BCUT2D eigenvalue weighted by molar-refractivity contribution is 0.153. The Morgan fingerprint density at radius 2 is 2.00 bits per heavy atom. The second-order valence-corrected chi connectivity index (χ2v) is 5.75. The number of rotatable bonds is 8. The number of ether oxygens (including phenoxy) is 1. The van der Waals surface area contributed by atoms with E-state index >= 15 is 0 Å². The fourth-order valence-electron chi connectivity index (χ4n) is 1.59. The quantitative estimate of drug-likeness (QED) is 0.703. The molecular weight excluding hydrogens is 290 g/mol. The summed E-state index contributed by atoms with van der Waals surface area (Å²) in [6.45, 7) is 2.61. The van der Waals surface area contributed by atoms with Gasteiger partial charge in [0.25, 0.3) is 0 Å². The lowest BCUT2D eigenvalue weighted by Gasteiger charge is -2.10. The highest BCUT2D eigenvalue weighted by molar-refractivity contribution is 7.89. The van der Waals surface area contributed by atoms with Gasteiger partial charge >= 0.3 is 0 Å². The number of sulfonamides is 1. The average molecular weight is 308 g/mol. The van der Waals surface area contributed by atoms with E-state index in [-0.39, 0.29) is 19.7 Å². The minimum atomic E-state index is -4.11. The molecule has 0 spiro atoms. The molecule has 0 fully saturated rings. The van der Waals surface area contributed by atoms with Crippen molar-refractivity contribution in [2.45, 2.75) is 18.4 Å². The van der Waals surface area contributed by atoms with Gasteiger partial charge in [0.15, 0.2) is 11.6 Å². The zero-order chi connectivity index (χ0) is 15.2. The van der Waals surface area contributed by atoms with E-state index in [1.807, 2.05) is 0 Å². The van der Waals surface area contributed by atoms with Gasteiger partial charge in [-0.3, -0.25) is 0 Å². The van der Waals surface area contributed by atoms with Crippen LogP contribution in [0.25, 0.3) is 0 Å². The van der Waals surface area contributed by atoms with Crippen molar-refractivity contribution in [2.75, 3.05) is 26.8 Å². The number of hydrogen-bond acceptors (Lipinski definition) is 4. The number of nitrogens with one attached hydrogen (secondary N) is 2. The van der Waals surface area contributed by atoms with Crippen LogP contribution in [0.2, 0.25) is 0 Å². The summed E-state index contributed by atoms with van der Waals surface area (Å²) in [5.74, 6) is -2.57. The molecule has 2 N–H and O–H groups in total. The Morgan fingerprint density at radius 1 is 1.30 bits per heavy atom. The van der Waals surface area contributed by atoms with Gasteiger partial charge in [0, 0.05) is 19.7 Å². The molecule has 1 aromatic rings. The predicted octanol–water partition coefficient (Wildman–Crippen LogP) is 0.999. The van der Waals surface area contributed by atoms with Gasteiger partial charge in [-0.25, -0.2) is 21.9 Å². The standard InChI is InChI=1S/C12H18F2N2O3S/c1-3-19-5-4-16-20(17,18)11-7-9(8-15-2)6-10(13)12(11)14/h6-7,15-16H,3-5,8H2,1-2H3. The highest BCUT2D eigenvalue weighted by Crippen LogP contribution is 2.19. The van der Waals surface area contributed by atoms with Crippen LogP contribution in [0.1, 0.15) is 12.5 Å². The van der Waals surface area contributed by atoms with Crippen molar-refractivity contribution < 1.29 is 21.9 Å². The topological polar surface area (TPSA) is 67.4 Å². The van der Waals surface area contributed by atoms with Gasteiger partial charge in [0.1, 0.15) is 4.90 Å². The predicted molar refractivity (Wildman–Crippen MR) is 70.8 cm³/mol. The van der Waals surface area contributed by atoms with Crippen LogP contribution in [0.4, 0.5) is 8.78 Å². The molecule has 0 aromatic heterocycles. The van der Waals surface area contributed by atoms with Gasteiger partial charge in [0.2, 0.25) is 10.0 Å². The van der Waals surface area contributed by atoms with Crippen LogP contribution in [-0.4, -0.2) is 35.2 Å². The monoisotopic (exact) mass is 308 g/mol. The smallest absolute Gasteiger partial charge is 0.243 e. The summed E-state index contributed by atoms with van der Waals surface area (Å²) in [7, 11) is -2.49. The minimum Gasteiger partial charge on any atom is -0.380 e. The van der Waals surface area contributed by atoms with Crippen LogP contribution in [0.5, 0.6) is 0 Å². The molecule has 8 heteroatoms. The Bertz CT molecular complexity index is 550. The van der Waals surface area contributed by atoms with Gasteiger partial charge in [-0.1, -0.05) is 0 Å². The summed E-state index contributed by atoms with van der Waals surface area (Å²) in [4.78, 5) is -0.695. The van der Waals surface area contributed by atoms with E-state index in [0.29, 0.717) is 12.2 Å². The number of halogens is 2. The molecule has 0 saturated carbocycles. The molecule has 0 saturated heterocycles. The fourth-order valence-corrected chi connectivity index (χ4v) is 2.74. The molecule has 1 rings (SSSR count). The summed E-state index contributed by atoms with van der Waals surface area (Å²) in [5, 5.41) is 2.74. The van der Waals surface area contributed by atoms with E-state index < -0.39 is 26.6 Å². The largest absolute Gasteiger partial charge is 0.380 e. The molecule has 0 atom stereocenters. The maximum absolute atomic E-state index is 13.6. The maximum Gasteiger partial charge on any atom is 0.243 e. The van der Waals surface area contributed by atoms with Crippen molar-refractivity contribution in [2.24, 2.45) is 0 Å². The first-order valence-electron chi connectivity index (χ1n) is 6.12. The van der Waals surface area contributed by atoms with Crippen molar-refractivity contribution in [1.82, 2.24) is 10.0 Å². The van der Waals surface area contributed by atoms with Crippen LogP contribution in [-0.2, 0) is 21.3 Å². The highest BCUT2D eigenvalue weighted by atomic mass is 32.2. The molecule has 0 amide bonds. The lowest BCUT2D eigenvalue weighted by atomic mass is 10.2. The summed E-state index contributed by atoms with van der Waals surface area (Å²) < 4.78 is 58.1. The summed E-state index contributed by atoms with van der Waals surface area (Å²) >= 11 is 0. The molecule has 0 aliphatic rings. The van der Waals surface area contributed by atoms with Crippen molar-refractivity contribution in [3.8, 4) is 0 Å². The molecular formula is C12H18F2N2O3S. The molecule has 0 bridgehead atoms. The second kappa shape index (κ2) is 7.63. The van der Waals surface area contributed by atoms with E-state index in [0.717, 1.165) is 12.1 Å². The average Bonchev–Trinajstić information content (AvgIpc) is 2.39. The van der Waals surface area contributed by atoms with Crippen molar-refractivity contribution in [3.05, 3.63) is 29.3 Å². The molecule has 0 aliphatic carbocycles. The van der Waals surface area contributed by atoms with Gasteiger partial charge < -0.3 is 10.1 Å². The highest BCUT2D eigenvalue weighted by Gasteiger charge is 2.22. The van der Waals surface area contributed by atoms with Crippen molar-refractivity contribution >= 4 is 10.0 Å². The Morgan fingerprint density at radius 3 is 2.60 bits per heavy atom. The van der Waals surface area contributed by atoms with E-state index in [1.54, 1.807) is 14.0 Å². The summed E-state index contributed by atoms with van der Waals surface area (Å²) in [6.07, 6.45) is 0. The minimum absolute atomic E-state index is 0.00646. The molecule has 1 aromatic carbocycles. The first-order valence-corrected chi connectivity index (χ1v) is 7.60. The van der Waals surface area contributed by atoms with Crippen LogP contribution in [0.15, 0.2) is 17.0 Å². The van der Waals surface area contributed by atoms with Crippen molar-refractivity contribution in [1.29, 1.82) is 0 Å². The third-order valence-corrected chi connectivity index (χ3v) is 3.93. The third kappa shape index (κ3) is 4.48. The Kier molecular flexibility index (Phi) is 6.47. The normalized spacial score (nSPS) is 11.8. The Balaban J connectivity index is 2.98. The maximum atomic E-state index is 13.6. The lowest BCUT2D eigenvalue weighted by Crippen LogP contribution is -2.28. The first kappa shape index (κ1) is 17.0. The molecule has 0 aliphatic heterocycles. The van der Waals surface area contributed by atoms with Gasteiger partial charge in [-0.15, -0.1) is 0 Å². The molecule has 0 radical (unpaired) electrons. The van der Waals surface area contributed by atoms with Gasteiger partial charge in [-0.2, -0.15) is 0 Å². The Labute approximate surface area is 117 Å². The van der Waals surface area contributed by atoms with Crippen LogP contribution in [0, 0.1) is 11.6 Å².